The molecule has 0 N–H and O–H groups in total. The maximum absolute atomic E-state index is 12.8. The molecule has 0 aromatic heterocycles. The molecule has 0 saturated carbocycles. The first-order chi connectivity index (χ1) is 13.9. The number of benzene rings is 2. The van der Waals surface area contributed by atoms with Crippen molar-refractivity contribution in [2.45, 2.75) is 27.0 Å². The molecule has 0 spiro atoms. The molecule has 2 aromatic carbocycles. The Bertz CT molecular complexity index is 829. The van der Waals surface area contributed by atoms with E-state index in [9.17, 15) is 13.6 Å². The number of hydrogen-bond acceptors (Lipinski definition) is 5. The van der Waals surface area contributed by atoms with Gasteiger partial charge in [-0.3, -0.25) is 4.79 Å². The zero-order valence-electron chi connectivity index (χ0n) is 16.9. The Balaban J connectivity index is 2.19. The van der Waals surface area contributed by atoms with Crippen molar-refractivity contribution in [1.82, 2.24) is 4.90 Å². The molecule has 0 aliphatic rings. The first-order valence-electron chi connectivity index (χ1n) is 9.16. The fourth-order valence-electron chi connectivity index (χ4n) is 2.76. The van der Waals surface area contributed by atoms with Crippen molar-refractivity contribution in [3.8, 4) is 23.0 Å². The largest absolute Gasteiger partial charge is 0.493 e. The summed E-state index contributed by atoms with van der Waals surface area (Å²) in [6.45, 7) is 1.85. The zero-order valence-corrected chi connectivity index (χ0v) is 16.9. The normalized spacial score (nSPS) is 10.6. The van der Waals surface area contributed by atoms with Crippen molar-refractivity contribution in [3.05, 3.63) is 47.5 Å². The van der Waals surface area contributed by atoms with Gasteiger partial charge in [0, 0.05) is 19.2 Å². The number of alkyl halides is 2. The highest BCUT2D eigenvalue weighted by Gasteiger charge is 2.17. The Kier molecular flexibility index (Phi) is 8.06. The Hall–Kier alpha value is -3.03. The summed E-state index contributed by atoms with van der Waals surface area (Å²) in [6, 6.07) is 9.62. The predicted octanol–water partition coefficient (Wildman–Crippen LogP) is 4.37. The Morgan fingerprint density at radius 2 is 1.62 bits per heavy atom. The third-order valence-electron chi connectivity index (χ3n) is 4.00. The summed E-state index contributed by atoms with van der Waals surface area (Å²) in [6.07, 6.45) is 0. The monoisotopic (exact) mass is 409 g/mol. The minimum atomic E-state index is -2.97. The minimum absolute atomic E-state index is 0.0828. The summed E-state index contributed by atoms with van der Waals surface area (Å²) < 4.78 is 45.8. The highest BCUT2D eigenvalue weighted by Crippen LogP contribution is 2.31. The molecule has 29 heavy (non-hydrogen) atoms. The highest BCUT2D eigenvalue weighted by atomic mass is 19.3. The van der Waals surface area contributed by atoms with E-state index in [1.54, 1.807) is 31.3 Å². The van der Waals surface area contributed by atoms with Crippen molar-refractivity contribution in [2.75, 3.05) is 27.4 Å². The van der Waals surface area contributed by atoms with Crippen LogP contribution in [0.3, 0.4) is 0 Å². The summed E-state index contributed by atoms with van der Waals surface area (Å²) in [5, 5.41) is 0. The fourth-order valence-corrected chi connectivity index (χ4v) is 2.76. The quantitative estimate of drug-likeness (QED) is 0.583. The number of rotatable bonds is 10. The molecule has 2 rings (SSSR count). The lowest BCUT2D eigenvalue weighted by Gasteiger charge is -2.19. The van der Waals surface area contributed by atoms with Gasteiger partial charge < -0.3 is 23.8 Å². The average molecular weight is 409 g/mol. The van der Waals surface area contributed by atoms with Gasteiger partial charge in [0.25, 0.3) is 5.91 Å². The molecular weight excluding hydrogens is 384 g/mol. The molecule has 0 aliphatic carbocycles. The molecule has 0 saturated heterocycles. The van der Waals surface area contributed by atoms with Gasteiger partial charge in [0.05, 0.1) is 20.3 Å². The molecule has 0 fully saturated rings. The van der Waals surface area contributed by atoms with Crippen LogP contribution >= 0.6 is 0 Å². The highest BCUT2D eigenvalue weighted by molar-refractivity contribution is 5.94. The third-order valence-corrected chi connectivity index (χ3v) is 4.00. The molecule has 6 nitrogen and oxygen atoms in total. The van der Waals surface area contributed by atoms with Crippen LogP contribution in [-0.4, -0.2) is 44.8 Å². The minimum Gasteiger partial charge on any atom is -0.493 e. The van der Waals surface area contributed by atoms with Gasteiger partial charge >= 0.3 is 6.61 Å². The standard InChI is InChI=1S/C21H25F2NO5/c1-5-27-17-10-8-15(12-18(17)28-6-2)20(25)24(3)13-14-7-9-16(26-4)19(11-14)29-21(22)23/h7-12,21H,5-6,13H2,1-4H3. The Labute approximate surface area is 168 Å². The van der Waals surface area contributed by atoms with E-state index in [0.29, 0.717) is 35.8 Å². The molecule has 1 amide bonds. The van der Waals surface area contributed by atoms with E-state index in [-0.39, 0.29) is 24.0 Å². The summed E-state index contributed by atoms with van der Waals surface area (Å²) in [5.41, 5.74) is 1.05. The van der Waals surface area contributed by atoms with Crippen LogP contribution in [0.5, 0.6) is 23.0 Å². The molecule has 0 aliphatic heterocycles. The number of hydrogen-bond donors (Lipinski definition) is 0. The Morgan fingerprint density at radius 1 is 0.966 bits per heavy atom. The van der Waals surface area contributed by atoms with Gasteiger partial charge in [-0.05, 0) is 49.7 Å². The van der Waals surface area contributed by atoms with Crippen LogP contribution < -0.4 is 18.9 Å². The smallest absolute Gasteiger partial charge is 0.387 e. The molecular formula is C21H25F2NO5. The van der Waals surface area contributed by atoms with Crippen molar-refractivity contribution >= 4 is 5.91 Å². The molecule has 8 heteroatoms. The number of methoxy groups -OCH3 is 1. The van der Waals surface area contributed by atoms with Crippen LogP contribution in [0, 0.1) is 0 Å². The number of nitrogens with zero attached hydrogens (tertiary/aromatic N) is 1. The molecule has 158 valence electrons. The summed E-state index contributed by atoms with van der Waals surface area (Å²) in [4.78, 5) is 14.3. The maximum atomic E-state index is 12.8. The van der Waals surface area contributed by atoms with E-state index in [1.807, 2.05) is 13.8 Å². The van der Waals surface area contributed by atoms with Gasteiger partial charge in [-0.1, -0.05) is 6.07 Å². The van der Waals surface area contributed by atoms with Crippen LogP contribution in [0.15, 0.2) is 36.4 Å². The van der Waals surface area contributed by atoms with Crippen LogP contribution in [0.4, 0.5) is 8.78 Å². The van der Waals surface area contributed by atoms with Crippen LogP contribution in [0.2, 0.25) is 0 Å². The number of halogens is 2. The Morgan fingerprint density at radius 3 is 2.24 bits per heavy atom. The van der Waals surface area contributed by atoms with Gasteiger partial charge in [0.1, 0.15) is 0 Å². The first-order valence-corrected chi connectivity index (χ1v) is 9.16. The molecule has 0 bridgehead atoms. The van der Waals surface area contributed by atoms with Crippen LogP contribution in [0.1, 0.15) is 29.8 Å². The van der Waals surface area contributed by atoms with Gasteiger partial charge in [0.2, 0.25) is 0 Å². The van der Waals surface area contributed by atoms with Gasteiger partial charge in [0.15, 0.2) is 23.0 Å². The third kappa shape index (κ3) is 5.97. The first kappa shape index (κ1) is 22.3. The lowest BCUT2D eigenvalue weighted by molar-refractivity contribution is -0.0512. The van der Waals surface area contributed by atoms with E-state index in [1.165, 1.54) is 24.1 Å². The molecule has 0 unspecified atom stereocenters. The van der Waals surface area contributed by atoms with Gasteiger partial charge in [-0.15, -0.1) is 0 Å². The second kappa shape index (κ2) is 10.5. The van der Waals surface area contributed by atoms with Crippen molar-refractivity contribution in [3.63, 3.8) is 0 Å². The molecule has 0 atom stereocenters. The molecule has 2 aromatic rings. The zero-order chi connectivity index (χ0) is 21.4. The number of amides is 1. The van der Waals surface area contributed by atoms with Crippen LogP contribution in [0.25, 0.3) is 0 Å². The summed E-state index contributed by atoms with van der Waals surface area (Å²) in [7, 11) is 2.99. The maximum Gasteiger partial charge on any atom is 0.387 e. The lowest BCUT2D eigenvalue weighted by Crippen LogP contribution is -2.26. The fraction of sp³-hybridized carbons (Fsp3) is 0.381. The molecule has 0 heterocycles. The molecule has 0 radical (unpaired) electrons. The second-order valence-electron chi connectivity index (χ2n) is 6.05. The van der Waals surface area contributed by atoms with Crippen molar-refractivity contribution in [1.29, 1.82) is 0 Å². The topological polar surface area (TPSA) is 57.2 Å². The summed E-state index contributed by atoms with van der Waals surface area (Å²) in [5.74, 6) is 0.917. The average Bonchev–Trinajstić information content (AvgIpc) is 2.69. The van der Waals surface area contributed by atoms with E-state index in [4.69, 9.17) is 14.2 Å². The van der Waals surface area contributed by atoms with Gasteiger partial charge in [-0.2, -0.15) is 8.78 Å². The number of carbonyl (C=O) groups excluding carboxylic acids is 1. The van der Waals surface area contributed by atoms with Crippen molar-refractivity contribution in [2.24, 2.45) is 0 Å². The van der Waals surface area contributed by atoms with E-state index in [2.05, 4.69) is 4.74 Å². The number of carbonyl (C=O) groups is 1. The number of ether oxygens (including phenoxy) is 4. The van der Waals surface area contributed by atoms with Crippen molar-refractivity contribution < 1.29 is 32.5 Å². The van der Waals surface area contributed by atoms with E-state index in [0.717, 1.165) is 0 Å². The van der Waals surface area contributed by atoms with E-state index < -0.39 is 6.61 Å². The van der Waals surface area contributed by atoms with Gasteiger partial charge in [-0.25, -0.2) is 0 Å². The van der Waals surface area contributed by atoms with E-state index >= 15 is 0 Å². The summed E-state index contributed by atoms with van der Waals surface area (Å²) >= 11 is 0. The SMILES string of the molecule is CCOc1ccc(C(=O)N(C)Cc2ccc(OC)c(OC(F)F)c2)cc1OCC. The lowest BCUT2D eigenvalue weighted by atomic mass is 10.1. The second-order valence-corrected chi connectivity index (χ2v) is 6.05. The predicted molar refractivity (Wildman–Crippen MR) is 104 cm³/mol. The van der Waals surface area contributed by atoms with Crippen LogP contribution in [-0.2, 0) is 6.54 Å².